The molecule has 0 N–H and O–H groups in total. The fraction of sp³-hybridized carbons (Fsp3) is 0.467. The summed E-state index contributed by atoms with van der Waals surface area (Å²) >= 11 is 3.35. The molecule has 0 fully saturated rings. The highest BCUT2D eigenvalue weighted by Crippen LogP contribution is 2.47. The number of hydrazine groups is 1. The molecule has 3 rings (SSSR count). The minimum Gasteiger partial charge on any atom is -0.250 e. The summed E-state index contributed by atoms with van der Waals surface area (Å²) in [6.45, 7) is 6.47. The van der Waals surface area contributed by atoms with Crippen molar-refractivity contribution in [2.24, 2.45) is 9.98 Å². The van der Waals surface area contributed by atoms with Gasteiger partial charge in [0.2, 0.25) is 0 Å². The summed E-state index contributed by atoms with van der Waals surface area (Å²) in [5.41, 5.74) is 0.490. The third kappa shape index (κ3) is 1.99. The van der Waals surface area contributed by atoms with E-state index in [1.165, 1.54) is 0 Å². The minimum atomic E-state index is -0.375. The Labute approximate surface area is 134 Å². The molecule has 0 amide bonds. The molecule has 2 aliphatic rings. The molecule has 0 spiro atoms. The zero-order valence-corrected chi connectivity index (χ0v) is 14.6. The van der Waals surface area contributed by atoms with Crippen LogP contribution >= 0.6 is 23.5 Å². The summed E-state index contributed by atoms with van der Waals surface area (Å²) in [6, 6.07) is 10.4. The van der Waals surface area contributed by atoms with Gasteiger partial charge in [0.15, 0.2) is 16.0 Å². The van der Waals surface area contributed by atoms with E-state index in [4.69, 9.17) is 9.98 Å². The zero-order valence-electron chi connectivity index (χ0n) is 13.0. The average molecular weight is 320 g/mol. The van der Waals surface area contributed by atoms with Crippen LogP contribution in [0.2, 0.25) is 0 Å². The second kappa shape index (κ2) is 4.95. The molecule has 1 aromatic rings. The first-order valence-electron chi connectivity index (χ1n) is 6.87. The maximum atomic E-state index is 5.01. The number of aliphatic imine (C=N–C) groups is 2. The molecule has 0 saturated heterocycles. The lowest BCUT2D eigenvalue weighted by atomic mass is 9.91. The lowest BCUT2D eigenvalue weighted by Crippen LogP contribution is -2.56. The van der Waals surface area contributed by atoms with Crippen LogP contribution in [0.4, 0.5) is 5.69 Å². The third-order valence-corrected chi connectivity index (χ3v) is 5.45. The fourth-order valence-electron chi connectivity index (χ4n) is 2.68. The second-order valence-corrected chi connectivity index (χ2v) is 7.28. The quantitative estimate of drug-likeness (QED) is 0.790. The van der Waals surface area contributed by atoms with Gasteiger partial charge in [-0.25, -0.2) is 15.0 Å². The molecule has 0 aromatic heterocycles. The highest BCUT2D eigenvalue weighted by Gasteiger charge is 2.59. The lowest BCUT2D eigenvalue weighted by molar-refractivity contribution is 0.173. The van der Waals surface area contributed by atoms with Crippen molar-refractivity contribution < 1.29 is 0 Å². The smallest absolute Gasteiger partial charge is 0.185 e. The van der Waals surface area contributed by atoms with Gasteiger partial charge in [-0.2, -0.15) is 0 Å². The third-order valence-electron chi connectivity index (χ3n) is 4.19. The Morgan fingerprint density at radius 3 is 2.10 bits per heavy atom. The van der Waals surface area contributed by atoms with Gasteiger partial charge in [-0.1, -0.05) is 41.7 Å². The molecule has 1 unspecified atom stereocenters. The van der Waals surface area contributed by atoms with Crippen molar-refractivity contribution in [2.45, 2.75) is 32.0 Å². The monoisotopic (exact) mass is 320 g/mol. The molecule has 0 radical (unpaired) electrons. The molecule has 0 bridgehead atoms. The van der Waals surface area contributed by atoms with Crippen molar-refractivity contribution in [1.29, 1.82) is 0 Å². The van der Waals surface area contributed by atoms with Gasteiger partial charge in [0.1, 0.15) is 5.54 Å². The standard InChI is InChI=1S/C15H20N4S2/c1-14(2)15(3)17-12(20-4)18(11-9-7-6-8-10-11)19(15)13(16-14)21-5/h6-10H,1-5H3. The first-order valence-corrected chi connectivity index (χ1v) is 9.32. The largest absolute Gasteiger partial charge is 0.250 e. The van der Waals surface area contributed by atoms with Crippen molar-refractivity contribution >= 4 is 39.5 Å². The van der Waals surface area contributed by atoms with E-state index in [1.54, 1.807) is 23.5 Å². The Hall–Kier alpha value is -1.14. The summed E-state index contributed by atoms with van der Waals surface area (Å²) < 4.78 is 0. The first kappa shape index (κ1) is 14.8. The molecule has 2 aliphatic heterocycles. The van der Waals surface area contributed by atoms with E-state index >= 15 is 0 Å². The van der Waals surface area contributed by atoms with E-state index in [9.17, 15) is 0 Å². The topological polar surface area (TPSA) is 31.2 Å². The number of hydrogen-bond donors (Lipinski definition) is 0. The number of fused-ring (bicyclic) bond motifs is 1. The SMILES string of the molecule is CSC1=NC2(C)N(C(SC)=NC2(C)C)N1c1ccccc1. The summed E-state index contributed by atoms with van der Waals surface area (Å²) in [4.78, 5) is 9.90. The van der Waals surface area contributed by atoms with E-state index in [-0.39, 0.29) is 11.2 Å². The van der Waals surface area contributed by atoms with Crippen LogP contribution in [0.3, 0.4) is 0 Å². The molecule has 2 heterocycles. The average Bonchev–Trinajstić information content (AvgIpc) is 2.89. The predicted octanol–water partition coefficient (Wildman–Crippen LogP) is 3.67. The van der Waals surface area contributed by atoms with Crippen molar-refractivity contribution in [1.82, 2.24) is 5.01 Å². The Balaban J connectivity index is 2.14. The molecule has 4 nitrogen and oxygen atoms in total. The van der Waals surface area contributed by atoms with Crippen molar-refractivity contribution in [3.05, 3.63) is 30.3 Å². The Kier molecular flexibility index (Phi) is 3.48. The van der Waals surface area contributed by atoms with Gasteiger partial charge >= 0.3 is 0 Å². The molecular weight excluding hydrogens is 300 g/mol. The second-order valence-electron chi connectivity index (χ2n) is 5.74. The van der Waals surface area contributed by atoms with E-state index in [1.807, 2.05) is 6.07 Å². The van der Waals surface area contributed by atoms with Gasteiger partial charge in [0.05, 0.1) is 5.69 Å². The van der Waals surface area contributed by atoms with Crippen LogP contribution in [0.1, 0.15) is 20.8 Å². The number of para-hydroxylation sites is 1. The van der Waals surface area contributed by atoms with Gasteiger partial charge in [-0.05, 0) is 45.4 Å². The van der Waals surface area contributed by atoms with Crippen molar-refractivity contribution in [3.63, 3.8) is 0 Å². The number of rotatable bonds is 1. The van der Waals surface area contributed by atoms with Crippen molar-refractivity contribution in [2.75, 3.05) is 17.5 Å². The highest BCUT2D eigenvalue weighted by atomic mass is 32.2. The van der Waals surface area contributed by atoms with E-state index < -0.39 is 0 Å². The van der Waals surface area contributed by atoms with Crippen LogP contribution in [0.5, 0.6) is 0 Å². The maximum Gasteiger partial charge on any atom is 0.185 e. The fourth-order valence-corrected chi connectivity index (χ4v) is 4.06. The number of benzene rings is 1. The van der Waals surface area contributed by atoms with Crippen LogP contribution in [0.15, 0.2) is 40.3 Å². The van der Waals surface area contributed by atoms with Gasteiger partial charge in [-0.15, -0.1) is 0 Å². The summed E-state index contributed by atoms with van der Waals surface area (Å²) in [5, 5.41) is 6.45. The Bertz CT molecular complexity index is 611. The molecule has 6 heteroatoms. The lowest BCUT2D eigenvalue weighted by Gasteiger charge is -2.39. The molecule has 0 aliphatic carbocycles. The molecular formula is C15H20N4S2. The molecule has 0 saturated carbocycles. The number of anilines is 1. The Morgan fingerprint density at radius 1 is 0.905 bits per heavy atom. The Morgan fingerprint density at radius 2 is 1.52 bits per heavy atom. The summed E-state index contributed by atoms with van der Waals surface area (Å²) in [5.74, 6) is 0. The summed E-state index contributed by atoms with van der Waals surface area (Å²) in [7, 11) is 0. The minimum absolute atomic E-state index is 0.254. The first-order chi connectivity index (χ1) is 9.94. The molecule has 1 aromatic carbocycles. The van der Waals surface area contributed by atoms with Gasteiger partial charge in [0.25, 0.3) is 0 Å². The van der Waals surface area contributed by atoms with Crippen LogP contribution in [-0.4, -0.2) is 39.1 Å². The van der Waals surface area contributed by atoms with Crippen molar-refractivity contribution in [3.8, 4) is 0 Å². The van der Waals surface area contributed by atoms with Crippen LogP contribution in [0, 0.1) is 0 Å². The molecule has 21 heavy (non-hydrogen) atoms. The van der Waals surface area contributed by atoms with Gasteiger partial charge < -0.3 is 0 Å². The predicted molar refractivity (Wildman–Crippen MR) is 95.1 cm³/mol. The normalized spacial score (nSPS) is 26.7. The van der Waals surface area contributed by atoms with Crippen LogP contribution in [-0.2, 0) is 0 Å². The zero-order chi connectivity index (χ0) is 15.3. The summed E-state index contributed by atoms with van der Waals surface area (Å²) in [6.07, 6.45) is 4.14. The van der Waals surface area contributed by atoms with Gasteiger partial charge in [-0.3, -0.25) is 4.99 Å². The number of amidine groups is 2. The van der Waals surface area contributed by atoms with Crippen LogP contribution < -0.4 is 5.01 Å². The van der Waals surface area contributed by atoms with E-state index in [0.717, 1.165) is 16.0 Å². The number of thioether (sulfide) groups is 2. The molecule has 112 valence electrons. The van der Waals surface area contributed by atoms with E-state index in [2.05, 4.69) is 67.6 Å². The highest BCUT2D eigenvalue weighted by molar-refractivity contribution is 8.14. The van der Waals surface area contributed by atoms with Gasteiger partial charge in [0, 0.05) is 0 Å². The molecule has 1 atom stereocenters. The van der Waals surface area contributed by atoms with Crippen LogP contribution in [0.25, 0.3) is 0 Å². The van der Waals surface area contributed by atoms with E-state index in [0.29, 0.717) is 0 Å². The number of hydrogen-bond acceptors (Lipinski definition) is 6. The number of nitrogens with zero attached hydrogens (tertiary/aromatic N) is 4. The maximum absolute atomic E-state index is 5.01.